The van der Waals surface area contributed by atoms with Gasteiger partial charge in [0.25, 0.3) is 5.91 Å². The molecule has 0 aliphatic heterocycles. The Bertz CT molecular complexity index is 783. The molecule has 1 aromatic carbocycles. The Labute approximate surface area is 136 Å². The number of benzene rings is 1. The molecule has 0 aliphatic rings. The van der Waals surface area contributed by atoms with Gasteiger partial charge in [-0.15, -0.1) is 0 Å². The molecule has 4 nitrogen and oxygen atoms in total. The molecular formula is C17H14BrN3O. The average molecular weight is 356 g/mol. The van der Waals surface area contributed by atoms with Crippen LogP contribution in [0.3, 0.4) is 0 Å². The Balaban J connectivity index is 1.78. The van der Waals surface area contributed by atoms with E-state index in [4.69, 9.17) is 0 Å². The van der Waals surface area contributed by atoms with Crippen LogP contribution in [0, 0.1) is 0 Å². The summed E-state index contributed by atoms with van der Waals surface area (Å²) in [6.45, 7) is 0.655. The number of carbonyl (C=O) groups excluding carboxylic acids is 1. The van der Waals surface area contributed by atoms with Gasteiger partial charge in [0, 0.05) is 23.4 Å². The Morgan fingerprint density at radius 2 is 1.95 bits per heavy atom. The monoisotopic (exact) mass is 355 g/mol. The number of aromatic nitrogens is 2. The van der Waals surface area contributed by atoms with Crippen LogP contribution in [0.4, 0.5) is 5.82 Å². The molecule has 0 spiro atoms. The first kappa shape index (κ1) is 14.5. The standard InChI is InChI=1S/C17H14BrN3O/c18-14-8-9-19-16(11-14)20-17(22)15-7-4-10-21(15)12-13-5-2-1-3-6-13/h1-11H,12H2,(H,19,20,22). The highest BCUT2D eigenvalue weighted by molar-refractivity contribution is 9.10. The quantitative estimate of drug-likeness (QED) is 0.770. The van der Waals surface area contributed by atoms with E-state index in [9.17, 15) is 4.79 Å². The number of nitrogens with one attached hydrogen (secondary N) is 1. The van der Waals surface area contributed by atoms with E-state index in [1.54, 1.807) is 18.3 Å². The molecular weight excluding hydrogens is 342 g/mol. The number of nitrogens with zero attached hydrogens (tertiary/aromatic N) is 2. The fraction of sp³-hybridized carbons (Fsp3) is 0.0588. The van der Waals surface area contributed by atoms with Gasteiger partial charge >= 0.3 is 0 Å². The second kappa shape index (κ2) is 6.58. The van der Waals surface area contributed by atoms with Gasteiger partial charge in [0.2, 0.25) is 0 Å². The molecule has 1 N–H and O–H groups in total. The van der Waals surface area contributed by atoms with Gasteiger partial charge in [-0.1, -0.05) is 46.3 Å². The van der Waals surface area contributed by atoms with Crippen molar-refractivity contribution in [1.82, 2.24) is 9.55 Å². The third-order valence-corrected chi connectivity index (χ3v) is 3.71. The SMILES string of the molecule is O=C(Nc1cc(Br)ccn1)c1cccn1Cc1ccccc1. The highest BCUT2D eigenvalue weighted by Gasteiger charge is 2.12. The lowest BCUT2D eigenvalue weighted by atomic mass is 10.2. The van der Waals surface area contributed by atoms with E-state index in [0.717, 1.165) is 10.0 Å². The van der Waals surface area contributed by atoms with Crippen LogP contribution in [0.5, 0.6) is 0 Å². The molecule has 1 amide bonds. The van der Waals surface area contributed by atoms with Crippen molar-refractivity contribution >= 4 is 27.7 Å². The smallest absolute Gasteiger partial charge is 0.273 e. The molecule has 0 saturated carbocycles. The van der Waals surface area contributed by atoms with E-state index >= 15 is 0 Å². The summed E-state index contributed by atoms with van der Waals surface area (Å²) in [4.78, 5) is 16.5. The lowest BCUT2D eigenvalue weighted by Gasteiger charge is -2.10. The Morgan fingerprint density at radius 1 is 1.14 bits per heavy atom. The summed E-state index contributed by atoms with van der Waals surface area (Å²) in [5, 5.41) is 2.81. The maximum absolute atomic E-state index is 12.4. The van der Waals surface area contributed by atoms with E-state index in [2.05, 4.69) is 26.2 Å². The second-order valence-corrected chi connectivity index (χ2v) is 5.74. The van der Waals surface area contributed by atoms with Gasteiger partial charge in [0.15, 0.2) is 0 Å². The second-order valence-electron chi connectivity index (χ2n) is 4.82. The fourth-order valence-electron chi connectivity index (χ4n) is 2.19. The van der Waals surface area contributed by atoms with E-state index in [-0.39, 0.29) is 5.91 Å². The minimum Gasteiger partial charge on any atom is -0.339 e. The molecule has 0 unspecified atom stereocenters. The van der Waals surface area contributed by atoms with Gasteiger partial charge in [-0.25, -0.2) is 4.98 Å². The number of halogens is 1. The molecule has 0 saturated heterocycles. The van der Waals surface area contributed by atoms with Crippen molar-refractivity contribution in [2.45, 2.75) is 6.54 Å². The molecule has 5 heteroatoms. The number of amides is 1. The zero-order chi connectivity index (χ0) is 15.4. The number of rotatable bonds is 4. The topological polar surface area (TPSA) is 46.9 Å². The molecule has 3 rings (SSSR count). The van der Waals surface area contributed by atoms with Gasteiger partial charge in [0.05, 0.1) is 0 Å². The van der Waals surface area contributed by atoms with Gasteiger partial charge in [-0.2, -0.15) is 0 Å². The predicted molar refractivity (Wildman–Crippen MR) is 89.9 cm³/mol. The van der Waals surface area contributed by atoms with Crippen LogP contribution < -0.4 is 5.32 Å². The zero-order valence-electron chi connectivity index (χ0n) is 11.7. The number of hydrogen-bond donors (Lipinski definition) is 1. The largest absolute Gasteiger partial charge is 0.339 e. The number of pyridine rings is 1. The summed E-state index contributed by atoms with van der Waals surface area (Å²) in [6, 6.07) is 17.3. The summed E-state index contributed by atoms with van der Waals surface area (Å²) < 4.78 is 2.79. The summed E-state index contributed by atoms with van der Waals surface area (Å²) in [5.74, 6) is 0.346. The minimum atomic E-state index is -0.175. The van der Waals surface area contributed by atoms with Crippen molar-refractivity contribution in [2.75, 3.05) is 5.32 Å². The highest BCUT2D eigenvalue weighted by Crippen LogP contribution is 2.14. The third-order valence-electron chi connectivity index (χ3n) is 3.22. The Morgan fingerprint density at radius 3 is 2.73 bits per heavy atom. The molecule has 0 aliphatic carbocycles. The molecule has 0 bridgehead atoms. The number of hydrogen-bond acceptors (Lipinski definition) is 2. The zero-order valence-corrected chi connectivity index (χ0v) is 13.3. The molecule has 3 aromatic rings. The van der Waals surface area contributed by atoms with Gasteiger partial charge < -0.3 is 9.88 Å². The fourth-order valence-corrected chi connectivity index (χ4v) is 2.53. The van der Waals surface area contributed by atoms with E-state index in [1.165, 1.54) is 0 Å². The molecule has 0 fully saturated rings. The molecule has 22 heavy (non-hydrogen) atoms. The number of anilines is 1. The Kier molecular flexibility index (Phi) is 4.34. The number of carbonyl (C=O) groups is 1. The lowest BCUT2D eigenvalue weighted by Crippen LogP contribution is -2.17. The molecule has 0 radical (unpaired) electrons. The lowest BCUT2D eigenvalue weighted by molar-refractivity contribution is 0.101. The van der Waals surface area contributed by atoms with E-state index < -0.39 is 0 Å². The van der Waals surface area contributed by atoms with Crippen molar-refractivity contribution < 1.29 is 4.79 Å². The van der Waals surface area contributed by atoms with Crippen molar-refractivity contribution in [3.8, 4) is 0 Å². The summed E-state index contributed by atoms with van der Waals surface area (Å²) in [6.07, 6.45) is 3.54. The van der Waals surface area contributed by atoms with Crippen LogP contribution in [0.2, 0.25) is 0 Å². The summed E-state index contributed by atoms with van der Waals surface area (Å²) >= 11 is 3.36. The van der Waals surface area contributed by atoms with Crippen LogP contribution >= 0.6 is 15.9 Å². The van der Waals surface area contributed by atoms with Crippen molar-refractivity contribution in [2.24, 2.45) is 0 Å². The van der Waals surface area contributed by atoms with Crippen LogP contribution in [-0.2, 0) is 6.54 Å². The first-order chi connectivity index (χ1) is 10.7. The molecule has 2 heterocycles. The normalized spacial score (nSPS) is 10.4. The molecule has 110 valence electrons. The van der Waals surface area contributed by atoms with Gasteiger partial charge in [-0.05, 0) is 29.8 Å². The minimum absolute atomic E-state index is 0.175. The van der Waals surface area contributed by atoms with Crippen LogP contribution in [0.25, 0.3) is 0 Å². The van der Waals surface area contributed by atoms with Crippen LogP contribution in [-0.4, -0.2) is 15.5 Å². The van der Waals surface area contributed by atoms with Crippen molar-refractivity contribution in [1.29, 1.82) is 0 Å². The van der Waals surface area contributed by atoms with Crippen molar-refractivity contribution in [3.05, 3.63) is 82.7 Å². The van der Waals surface area contributed by atoms with E-state index in [1.807, 2.05) is 53.2 Å². The maximum atomic E-state index is 12.4. The predicted octanol–water partition coefficient (Wildman–Crippen LogP) is 3.95. The van der Waals surface area contributed by atoms with E-state index in [0.29, 0.717) is 18.1 Å². The Hall–Kier alpha value is -2.40. The first-order valence-corrected chi connectivity index (χ1v) is 7.63. The van der Waals surface area contributed by atoms with Crippen LogP contribution in [0.15, 0.2) is 71.5 Å². The summed E-state index contributed by atoms with van der Waals surface area (Å²) in [7, 11) is 0. The highest BCUT2D eigenvalue weighted by atomic mass is 79.9. The average Bonchev–Trinajstić information content (AvgIpc) is 2.96. The maximum Gasteiger partial charge on any atom is 0.273 e. The molecule has 0 atom stereocenters. The third kappa shape index (κ3) is 3.43. The van der Waals surface area contributed by atoms with Crippen LogP contribution in [0.1, 0.15) is 16.1 Å². The van der Waals surface area contributed by atoms with Gasteiger partial charge in [0.1, 0.15) is 11.5 Å². The molecule has 2 aromatic heterocycles. The van der Waals surface area contributed by atoms with Gasteiger partial charge in [-0.3, -0.25) is 4.79 Å². The summed E-state index contributed by atoms with van der Waals surface area (Å²) in [5.41, 5.74) is 1.75. The van der Waals surface area contributed by atoms with Crippen molar-refractivity contribution in [3.63, 3.8) is 0 Å². The first-order valence-electron chi connectivity index (χ1n) is 6.84.